The summed E-state index contributed by atoms with van der Waals surface area (Å²) in [4.78, 5) is 11.5. The van der Waals surface area contributed by atoms with Crippen LogP contribution in [0, 0.1) is 0 Å². The van der Waals surface area contributed by atoms with Crippen LogP contribution in [0.25, 0.3) is 0 Å². The summed E-state index contributed by atoms with van der Waals surface area (Å²) < 4.78 is 5.57. The molecule has 0 saturated carbocycles. The Hall–Kier alpha value is -0.153. The molecule has 76 valence electrons. The predicted molar refractivity (Wildman–Crippen MR) is 56.7 cm³/mol. The van der Waals surface area contributed by atoms with Crippen molar-refractivity contribution in [2.45, 2.75) is 51.2 Å². The normalized spacial score (nSPS) is 23.9. The third-order valence-electron chi connectivity index (χ3n) is 2.54. The molecule has 0 N–H and O–H groups in total. The lowest BCUT2D eigenvalue weighted by Crippen LogP contribution is -2.30. The molecule has 1 heterocycles. The first kappa shape index (κ1) is 10.9. The van der Waals surface area contributed by atoms with Crippen LogP contribution in [0.2, 0.25) is 0 Å². The van der Waals surface area contributed by atoms with E-state index >= 15 is 0 Å². The number of carbonyl (C=O) groups excluding carboxylic acids is 1. The van der Waals surface area contributed by atoms with Crippen LogP contribution in [0.1, 0.15) is 45.4 Å². The highest BCUT2D eigenvalue weighted by Gasteiger charge is 2.17. The van der Waals surface area contributed by atoms with Crippen LogP contribution in [-0.4, -0.2) is 27.3 Å². The Kier molecular flexibility index (Phi) is 5.31. The van der Waals surface area contributed by atoms with Gasteiger partial charge < -0.3 is 9.53 Å². The van der Waals surface area contributed by atoms with E-state index in [9.17, 15) is 4.79 Å². The lowest BCUT2D eigenvalue weighted by Gasteiger charge is -2.21. The summed E-state index contributed by atoms with van der Waals surface area (Å²) in [5.74, 6) is 0. The van der Waals surface area contributed by atoms with E-state index in [1.54, 1.807) is 0 Å². The van der Waals surface area contributed by atoms with E-state index in [1.165, 1.54) is 12.8 Å². The van der Waals surface area contributed by atoms with Gasteiger partial charge in [0.05, 0.1) is 5.73 Å². The molecule has 3 heteroatoms. The number of rotatable bonds is 5. The Balaban J connectivity index is 2.11. The zero-order chi connectivity index (χ0) is 9.52. The highest BCUT2D eigenvalue weighted by molar-refractivity contribution is 6.74. The van der Waals surface area contributed by atoms with Crippen molar-refractivity contribution < 1.29 is 9.53 Å². The highest BCUT2D eigenvalue weighted by atomic mass is 28.2. The lowest BCUT2D eigenvalue weighted by molar-refractivity contribution is -0.112. The molecule has 1 saturated heterocycles. The predicted octanol–water partition coefficient (Wildman–Crippen LogP) is 1.40. The van der Waals surface area contributed by atoms with Gasteiger partial charge in [0.2, 0.25) is 0 Å². The van der Waals surface area contributed by atoms with Crippen molar-refractivity contribution in [3.63, 3.8) is 0 Å². The number of hydrogen-bond acceptors (Lipinski definition) is 2. The zero-order valence-corrected chi connectivity index (χ0v) is 9.96. The van der Waals surface area contributed by atoms with Gasteiger partial charge in [-0.15, -0.1) is 0 Å². The minimum absolute atomic E-state index is 0.373. The molecule has 1 fully saturated rings. The maximum absolute atomic E-state index is 11.5. The summed E-state index contributed by atoms with van der Waals surface area (Å²) in [5, 5.41) is 0.522. The van der Waals surface area contributed by atoms with Crippen molar-refractivity contribution in [3.8, 4) is 0 Å². The second-order valence-corrected chi connectivity index (χ2v) is 5.94. The molecular formula is C10H20O2Si. The van der Waals surface area contributed by atoms with Gasteiger partial charge in [-0.2, -0.15) is 0 Å². The SMILES string of the molecule is CCCCC(=O)[SiH2]C1CCCCO1. The average Bonchev–Trinajstić information content (AvgIpc) is 2.16. The van der Waals surface area contributed by atoms with Gasteiger partial charge in [0, 0.05) is 13.0 Å². The van der Waals surface area contributed by atoms with E-state index in [1.807, 2.05) is 0 Å². The smallest absolute Gasteiger partial charge is 0.134 e. The molecule has 0 bridgehead atoms. The molecule has 0 aromatic rings. The topological polar surface area (TPSA) is 26.3 Å². The van der Waals surface area contributed by atoms with Crippen molar-refractivity contribution in [1.82, 2.24) is 0 Å². The van der Waals surface area contributed by atoms with E-state index in [2.05, 4.69) is 6.92 Å². The lowest BCUT2D eigenvalue weighted by atomic mass is 10.2. The second-order valence-electron chi connectivity index (χ2n) is 3.83. The van der Waals surface area contributed by atoms with E-state index in [4.69, 9.17) is 4.74 Å². The van der Waals surface area contributed by atoms with Crippen LogP contribution in [0.4, 0.5) is 0 Å². The van der Waals surface area contributed by atoms with E-state index in [-0.39, 0.29) is 0 Å². The Labute approximate surface area is 82.9 Å². The van der Waals surface area contributed by atoms with Gasteiger partial charge in [-0.1, -0.05) is 13.3 Å². The van der Waals surface area contributed by atoms with Gasteiger partial charge in [0.15, 0.2) is 0 Å². The third kappa shape index (κ3) is 4.57. The first-order valence-corrected chi connectivity index (χ1v) is 6.98. The van der Waals surface area contributed by atoms with Gasteiger partial charge in [-0.3, -0.25) is 0 Å². The van der Waals surface area contributed by atoms with Crippen LogP contribution in [-0.2, 0) is 9.53 Å². The van der Waals surface area contributed by atoms with E-state index < -0.39 is 9.52 Å². The number of hydrogen-bond donors (Lipinski definition) is 0. The summed E-state index contributed by atoms with van der Waals surface area (Å²) >= 11 is 0. The Morgan fingerprint density at radius 3 is 3.00 bits per heavy atom. The second kappa shape index (κ2) is 6.32. The Morgan fingerprint density at radius 1 is 1.54 bits per heavy atom. The fourth-order valence-corrected chi connectivity index (χ4v) is 3.44. The quantitative estimate of drug-likeness (QED) is 0.627. The Morgan fingerprint density at radius 2 is 2.38 bits per heavy atom. The van der Waals surface area contributed by atoms with Gasteiger partial charge in [0.25, 0.3) is 0 Å². The van der Waals surface area contributed by atoms with Crippen LogP contribution < -0.4 is 0 Å². The molecule has 1 aliphatic heterocycles. The standard InChI is InChI=1S/C10H20O2Si/c1-2-3-6-9(11)13-10-7-4-5-8-12-10/h10H,2-8,13H2,1H3. The molecule has 2 nitrogen and oxygen atoms in total. The maximum Gasteiger partial charge on any atom is 0.134 e. The largest absolute Gasteiger partial charge is 0.382 e. The highest BCUT2D eigenvalue weighted by Crippen LogP contribution is 2.12. The van der Waals surface area contributed by atoms with Crippen molar-refractivity contribution in [1.29, 1.82) is 0 Å². The molecule has 0 spiro atoms. The van der Waals surface area contributed by atoms with Gasteiger partial charge in [0.1, 0.15) is 14.9 Å². The molecule has 0 aromatic heterocycles. The molecule has 1 unspecified atom stereocenters. The number of unbranched alkanes of at least 4 members (excludes halogenated alkanes) is 1. The molecule has 1 atom stereocenters. The molecule has 0 amide bonds. The molecule has 0 radical (unpaired) electrons. The van der Waals surface area contributed by atoms with Crippen molar-refractivity contribution in [3.05, 3.63) is 0 Å². The fourth-order valence-electron chi connectivity index (χ4n) is 1.70. The molecule has 1 aliphatic rings. The first-order chi connectivity index (χ1) is 6.33. The zero-order valence-electron chi connectivity index (χ0n) is 8.55. The molecule has 1 rings (SSSR count). The average molecular weight is 200 g/mol. The van der Waals surface area contributed by atoms with E-state index in [0.29, 0.717) is 11.1 Å². The van der Waals surface area contributed by atoms with Crippen LogP contribution in [0.5, 0.6) is 0 Å². The van der Waals surface area contributed by atoms with Crippen LogP contribution >= 0.6 is 0 Å². The van der Waals surface area contributed by atoms with Gasteiger partial charge >= 0.3 is 0 Å². The molecular weight excluding hydrogens is 180 g/mol. The fraction of sp³-hybridized carbons (Fsp3) is 0.900. The van der Waals surface area contributed by atoms with Crippen LogP contribution in [0.3, 0.4) is 0 Å². The molecule has 0 aliphatic carbocycles. The summed E-state index contributed by atoms with van der Waals surface area (Å²) in [7, 11) is -0.592. The minimum Gasteiger partial charge on any atom is -0.382 e. The van der Waals surface area contributed by atoms with Crippen molar-refractivity contribution in [2.24, 2.45) is 0 Å². The monoisotopic (exact) mass is 200 g/mol. The van der Waals surface area contributed by atoms with Gasteiger partial charge in [-0.05, 0) is 25.7 Å². The van der Waals surface area contributed by atoms with E-state index in [0.717, 1.165) is 32.3 Å². The van der Waals surface area contributed by atoms with Crippen molar-refractivity contribution in [2.75, 3.05) is 6.61 Å². The number of ether oxygens (including phenoxy) is 1. The summed E-state index contributed by atoms with van der Waals surface area (Å²) in [6.45, 7) is 3.02. The van der Waals surface area contributed by atoms with Crippen molar-refractivity contribution >= 4 is 14.9 Å². The molecule has 13 heavy (non-hydrogen) atoms. The minimum atomic E-state index is -0.592. The van der Waals surface area contributed by atoms with Crippen LogP contribution in [0.15, 0.2) is 0 Å². The molecule has 0 aromatic carbocycles. The summed E-state index contributed by atoms with van der Waals surface area (Å²) in [6.07, 6.45) is 6.60. The summed E-state index contributed by atoms with van der Waals surface area (Å²) in [6, 6.07) is 0. The third-order valence-corrected chi connectivity index (χ3v) is 4.45. The maximum atomic E-state index is 11.5. The summed E-state index contributed by atoms with van der Waals surface area (Å²) in [5.41, 5.74) is 0.373. The van der Waals surface area contributed by atoms with Gasteiger partial charge in [-0.25, -0.2) is 0 Å². The number of carbonyl (C=O) groups is 1. The first-order valence-electron chi connectivity index (χ1n) is 5.46. The Bertz CT molecular complexity index is 153.